The first kappa shape index (κ1) is 19.2. The van der Waals surface area contributed by atoms with Gasteiger partial charge in [-0.15, -0.1) is 0 Å². The number of unbranched alkanes of at least 4 members (excludes halogenated alkanes) is 1. The van der Waals surface area contributed by atoms with Gasteiger partial charge >= 0.3 is 0 Å². The van der Waals surface area contributed by atoms with Gasteiger partial charge in [0.1, 0.15) is 11.5 Å². The van der Waals surface area contributed by atoms with E-state index in [9.17, 15) is 4.79 Å². The Hall–Kier alpha value is -2.60. The Balaban J connectivity index is 1.83. The van der Waals surface area contributed by atoms with Crippen LogP contribution < -0.4 is 14.3 Å². The summed E-state index contributed by atoms with van der Waals surface area (Å²) in [6.45, 7) is 5.39. The molecule has 3 rings (SSSR count). The predicted molar refractivity (Wildman–Crippen MR) is 109 cm³/mol. The van der Waals surface area contributed by atoms with E-state index in [0.29, 0.717) is 23.6 Å². The van der Waals surface area contributed by atoms with E-state index in [2.05, 4.69) is 11.9 Å². The van der Waals surface area contributed by atoms with Crippen LogP contribution in [-0.2, 0) is 7.05 Å². The van der Waals surface area contributed by atoms with Gasteiger partial charge in [-0.2, -0.15) is 4.99 Å². The lowest BCUT2D eigenvalue weighted by atomic mass is 10.2. The molecule has 0 atom stereocenters. The zero-order valence-corrected chi connectivity index (χ0v) is 16.7. The molecule has 0 spiro atoms. The summed E-state index contributed by atoms with van der Waals surface area (Å²) >= 11 is 1.47. The molecule has 0 N–H and O–H groups in total. The van der Waals surface area contributed by atoms with E-state index in [4.69, 9.17) is 9.47 Å². The third-order valence-electron chi connectivity index (χ3n) is 4.16. The minimum absolute atomic E-state index is 0.262. The standard InChI is InChI=1S/C21H24N2O3S/c1-4-6-13-26-16-9-7-15(8-10-16)20(24)22-21-23(3)18-12-11-17(25-5-2)14-19(18)27-21/h7-12,14H,4-6,13H2,1-3H3. The van der Waals surface area contributed by atoms with Gasteiger partial charge in [-0.25, -0.2) is 0 Å². The molecule has 2 aromatic carbocycles. The number of aromatic nitrogens is 1. The average Bonchev–Trinajstić information content (AvgIpc) is 2.98. The summed E-state index contributed by atoms with van der Waals surface area (Å²) in [5.74, 6) is 1.33. The monoisotopic (exact) mass is 384 g/mol. The van der Waals surface area contributed by atoms with Crippen molar-refractivity contribution in [2.24, 2.45) is 12.0 Å². The van der Waals surface area contributed by atoms with Gasteiger partial charge in [0.2, 0.25) is 0 Å². The maximum absolute atomic E-state index is 12.5. The lowest BCUT2D eigenvalue weighted by molar-refractivity contribution is 0.0998. The van der Waals surface area contributed by atoms with Crippen LogP contribution in [0.4, 0.5) is 0 Å². The van der Waals surface area contributed by atoms with Crippen LogP contribution in [0.2, 0.25) is 0 Å². The minimum Gasteiger partial charge on any atom is -0.494 e. The summed E-state index contributed by atoms with van der Waals surface area (Å²) in [6.07, 6.45) is 2.11. The van der Waals surface area contributed by atoms with E-state index in [1.165, 1.54) is 11.3 Å². The van der Waals surface area contributed by atoms with Crippen LogP contribution in [0.5, 0.6) is 11.5 Å². The van der Waals surface area contributed by atoms with Gasteiger partial charge in [0, 0.05) is 12.6 Å². The molecule has 0 aliphatic rings. The van der Waals surface area contributed by atoms with Crippen LogP contribution >= 0.6 is 11.3 Å². The zero-order valence-electron chi connectivity index (χ0n) is 15.9. The second kappa shape index (κ2) is 8.86. The summed E-state index contributed by atoms with van der Waals surface area (Å²) in [6, 6.07) is 13.1. The van der Waals surface area contributed by atoms with Crippen molar-refractivity contribution < 1.29 is 14.3 Å². The molecule has 1 aromatic heterocycles. The number of carbonyl (C=O) groups is 1. The number of rotatable bonds is 7. The largest absolute Gasteiger partial charge is 0.494 e. The van der Waals surface area contributed by atoms with Crippen LogP contribution in [0.15, 0.2) is 47.5 Å². The van der Waals surface area contributed by atoms with E-state index >= 15 is 0 Å². The van der Waals surface area contributed by atoms with Gasteiger partial charge in [0.05, 0.1) is 23.4 Å². The van der Waals surface area contributed by atoms with Crippen molar-refractivity contribution in [2.75, 3.05) is 13.2 Å². The molecular weight excluding hydrogens is 360 g/mol. The maximum Gasteiger partial charge on any atom is 0.279 e. The van der Waals surface area contributed by atoms with E-state index in [-0.39, 0.29) is 5.91 Å². The number of hydrogen-bond acceptors (Lipinski definition) is 4. The fraction of sp³-hybridized carbons (Fsp3) is 0.333. The van der Waals surface area contributed by atoms with Crippen molar-refractivity contribution in [1.82, 2.24) is 4.57 Å². The SMILES string of the molecule is CCCCOc1ccc(C(=O)N=c2sc3cc(OCC)ccc3n2C)cc1. The number of nitrogens with zero attached hydrogens (tertiary/aromatic N) is 2. The normalized spacial score (nSPS) is 11.7. The molecule has 142 valence electrons. The van der Waals surface area contributed by atoms with Crippen molar-refractivity contribution >= 4 is 27.5 Å². The first-order valence-electron chi connectivity index (χ1n) is 9.16. The third-order valence-corrected chi connectivity index (χ3v) is 5.25. The van der Waals surface area contributed by atoms with Crippen molar-refractivity contribution in [1.29, 1.82) is 0 Å². The molecule has 1 heterocycles. The molecule has 5 nitrogen and oxygen atoms in total. The van der Waals surface area contributed by atoms with Crippen molar-refractivity contribution in [2.45, 2.75) is 26.7 Å². The lowest BCUT2D eigenvalue weighted by Crippen LogP contribution is -2.13. The molecule has 1 amide bonds. The number of ether oxygens (including phenoxy) is 2. The fourth-order valence-electron chi connectivity index (χ4n) is 2.66. The topological polar surface area (TPSA) is 52.8 Å². The van der Waals surface area contributed by atoms with Gasteiger partial charge in [-0.1, -0.05) is 24.7 Å². The van der Waals surface area contributed by atoms with E-state index in [1.54, 1.807) is 12.1 Å². The van der Waals surface area contributed by atoms with Gasteiger partial charge in [-0.05, 0) is 55.8 Å². The summed E-state index contributed by atoms with van der Waals surface area (Å²) in [7, 11) is 1.91. The molecular formula is C21H24N2O3S. The molecule has 0 aliphatic heterocycles. The Bertz CT molecular complexity index is 987. The third kappa shape index (κ3) is 4.57. The highest BCUT2D eigenvalue weighted by Crippen LogP contribution is 2.23. The van der Waals surface area contributed by atoms with E-state index in [1.807, 2.05) is 48.9 Å². The number of amides is 1. The van der Waals surface area contributed by atoms with Crippen LogP contribution in [-0.4, -0.2) is 23.7 Å². The van der Waals surface area contributed by atoms with Gasteiger partial charge in [0.25, 0.3) is 5.91 Å². The number of carbonyl (C=O) groups excluding carboxylic acids is 1. The number of benzene rings is 2. The van der Waals surface area contributed by atoms with Crippen LogP contribution in [0, 0.1) is 0 Å². The molecule has 27 heavy (non-hydrogen) atoms. The minimum atomic E-state index is -0.262. The highest BCUT2D eigenvalue weighted by Gasteiger charge is 2.08. The molecule has 6 heteroatoms. The molecule has 0 bridgehead atoms. The van der Waals surface area contributed by atoms with Crippen LogP contribution in [0.1, 0.15) is 37.0 Å². The predicted octanol–water partition coefficient (Wildman–Crippen LogP) is 4.56. The van der Waals surface area contributed by atoms with E-state index in [0.717, 1.165) is 34.6 Å². The van der Waals surface area contributed by atoms with Crippen molar-refractivity contribution in [3.05, 3.63) is 52.8 Å². The highest BCUT2D eigenvalue weighted by molar-refractivity contribution is 7.16. The molecule has 3 aromatic rings. The Labute approximate surface area is 162 Å². The first-order valence-corrected chi connectivity index (χ1v) is 9.98. The number of fused-ring (bicyclic) bond motifs is 1. The molecule has 0 fully saturated rings. The van der Waals surface area contributed by atoms with Crippen LogP contribution in [0.25, 0.3) is 10.2 Å². The lowest BCUT2D eigenvalue weighted by Gasteiger charge is -2.05. The molecule has 0 saturated carbocycles. The number of aryl methyl sites for hydroxylation is 1. The zero-order chi connectivity index (χ0) is 19.2. The second-order valence-electron chi connectivity index (χ2n) is 6.15. The fourth-order valence-corrected chi connectivity index (χ4v) is 3.70. The Morgan fingerprint density at radius 1 is 1.07 bits per heavy atom. The molecule has 0 unspecified atom stereocenters. The Morgan fingerprint density at radius 3 is 2.52 bits per heavy atom. The maximum atomic E-state index is 12.5. The molecule has 0 aliphatic carbocycles. The van der Waals surface area contributed by atoms with Crippen LogP contribution in [0.3, 0.4) is 0 Å². The summed E-state index contributed by atoms with van der Waals surface area (Å²) < 4.78 is 14.1. The van der Waals surface area contributed by atoms with Gasteiger partial charge in [-0.3, -0.25) is 4.79 Å². The first-order chi connectivity index (χ1) is 13.1. The van der Waals surface area contributed by atoms with Gasteiger partial charge in [0.15, 0.2) is 4.80 Å². The summed E-state index contributed by atoms with van der Waals surface area (Å²) in [5, 5.41) is 0. The Kier molecular flexibility index (Phi) is 6.29. The van der Waals surface area contributed by atoms with E-state index < -0.39 is 0 Å². The summed E-state index contributed by atoms with van der Waals surface area (Å²) in [4.78, 5) is 17.5. The Morgan fingerprint density at radius 2 is 1.81 bits per heavy atom. The van der Waals surface area contributed by atoms with Crippen molar-refractivity contribution in [3.8, 4) is 11.5 Å². The number of thiazole rings is 1. The highest BCUT2D eigenvalue weighted by atomic mass is 32.1. The number of hydrogen-bond donors (Lipinski definition) is 0. The average molecular weight is 385 g/mol. The van der Waals surface area contributed by atoms with Crippen molar-refractivity contribution in [3.63, 3.8) is 0 Å². The summed E-state index contributed by atoms with van der Waals surface area (Å²) in [5.41, 5.74) is 1.57. The molecule has 0 saturated heterocycles. The second-order valence-corrected chi connectivity index (χ2v) is 7.16. The quantitative estimate of drug-likeness (QED) is 0.561. The smallest absolute Gasteiger partial charge is 0.279 e. The van der Waals surface area contributed by atoms with Gasteiger partial charge < -0.3 is 14.0 Å². The molecule has 0 radical (unpaired) electrons.